The van der Waals surface area contributed by atoms with E-state index in [1.165, 1.54) is 0 Å². The third-order valence-electron chi connectivity index (χ3n) is 6.50. The Morgan fingerprint density at radius 1 is 0.909 bits per heavy atom. The van der Waals surface area contributed by atoms with Gasteiger partial charge in [-0.2, -0.15) is 0 Å². The normalized spacial score (nSPS) is 15.4. The minimum atomic E-state index is -0.219. The van der Waals surface area contributed by atoms with Gasteiger partial charge in [0.05, 0.1) is 24.5 Å². The first-order valence-electron chi connectivity index (χ1n) is 10.9. The summed E-state index contributed by atoms with van der Waals surface area (Å²) in [6.45, 7) is 0.411. The van der Waals surface area contributed by atoms with Gasteiger partial charge in [0.1, 0.15) is 5.76 Å². The molecule has 0 N–H and O–H groups in total. The molecule has 0 radical (unpaired) electrons. The second-order valence-corrected chi connectivity index (χ2v) is 9.26. The highest BCUT2D eigenvalue weighted by molar-refractivity contribution is 9.10. The molecule has 1 unspecified atom stereocenters. The zero-order valence-corrected chi connectivity index (χ0v) is 19.6. The second-order valence-electron chi connectivity index (χ2n) is 8.35. The van der Waals surface area contributed by atoms with Crippen molar-refractivity contribution in [3.8, 4) is 11.3 Å². The van der Waals surface area contributed by atoms with Crippen LogP contribution in [0.2, 0.25) is 0 Å². The minimum absolute atomic E-state index is 0.0293. The average molecular weight is 497 g/mol. The Hall–Kier alpha value is -3.57. The van der Waals surface area contributed by atoms with Crippen LogP contribution in [0.4, 0.5) is 0 Å². The standard InChI is InChI=1S/C28H21BrN2O2/c1-30-24-11-5-4-10-23(24)25(26(30)18-12-14-19(29)15-13-18)27-21-8-2-3-9-22(21)28(32)31(27)17-20-7-6-16-33-20/h2-16,27H,17H2,1H3. The summed E-state index contributed by atoms with van der Waals surface area (Å²) in [4.78, 5) is 15.6. The van der Waals surface area contributed by atoms with Crippen LogP contribution in [0.5, 0.6) is 0 Å². The smallest absolute Gasteiger partial charge is 0.255 e. The molecule has 5 aromatic rings. The Kier molecular flexibility index (Phi) is 4.73. The van der Waals surface area contributed by atoms with E-state index in [0.29, 0.717) is 6.54 Å². The third kappa shape index (κ3) is 3.15. The molecule has 1 aliphatic heterocycles. The third-order valence-corrected chi connectivity index (χ3v) is 7.03. The van der Waals surface area contributed by atoms with Gasteiger partial charge >= 0.3 is 0 Å². The first-order valence-corrected chi connectivity index (χ1v) is 11.7. The molecule has 33 heavy (non-hydrogen) atoms. The molecular formula is C28H21BrN2O2. The highest BCUT2D eigenvalue weighted by atomic mass is 79.9. The molecule has 2 aromatic heterocycles. The van der Waals surface area contributed by atoms with Crippen molar-refractivity contribution < 1.29 is 9.21 Å². The molecule has 1 aliphatic rings. The maximum absolute atomic E-state index is 13.6. The topological polar surface area (TPSA) is 38.4 Å². The van der Waals surface area contributed by atoms with Crippen LogP contribution in [-0.2, 0) is 13.6 Å². The van der Waals surface area contributed by atoms with E-state index in [1.807, 2.05) is 35.2 Å². The number of para-hydroxylation sites is 1. The summed E-state index contributed by atoms with van der Waals surface area (Å²) in [6, 6.07) is 28.3. The van der Waals surface area contributed by atoms with Gasteiger partial charge in [-0.25, -0.2) is 0 Å². The Labute approximate surface area is 200 Å². The fourth-order valence-electron chi connectivity index (χ4n) is 5.07. The molecule has 162 valence electrons. The molecular weight excluding hydrogens is 476 g/mol. The Morgan fingerprint density at radius 2 is 1.67 bits per heavy atom. The second kappa shape index (κ2) is 7.78. The van der Waals surface area contributed by atoms with E-state index >= 15 is 0 Å². The number of furan rings is 1. The number of benzene rings is 3. The van der Waals surface area contributed by atoms with Crippen LogP contribution in [0, 0.1) is 0 Å². The summed E-state index contributed by atoms with van der Waals surface area (Å²) in [5.41, 5.74) is 6.29. The summed E-state index contributed by atoms with van der Waals surface area (Å²) in [7, 11) is 2.10. The van der Waals surface area contributed by atoms with Gasteiger partial charge in [0.15, 0.2) is 0 Å². The van der Waals surface area contributed by atoms with E-state index in [-0.39, 0.29) is 11.9 Å². The average Bonchev–Trinajstić information content (AvgIpc) is 3.52. The van der Waals surface area contributed by atoms with E-state index in [1.54, 1.807) is 6.26 Å². The molecule has 1 atom stereocenters. The first-order chi connectivity index (χ1) is 16.1. The highest BCUT2D eigenvalue weighted by Gasteiger charge is 2.40. The first kappa shape index (κ1) is 20.1. The van der Waals surface area contributed by atoms with Crippen LogP contribution in [0.25, 0.3) is 22.2 Å². The molecule has 1 amide bonds. The van der Waals surface area contributed by atoms with Crippen molar-refractivity contribution >= 4 is 32.7 Å². The monoisotopic (exact) mass is 496 g/mol. The lowest BCUT2D eigenvalue weighted by Crippen LogP contribution is -2.28. The van der Waals surface area contributed by atoms with Crippen LogP contribution in [0.1, 0.15) is 33.3 Å². The zero-order chi connectivity index (χ0) is 22.5. The molecule has 5 heteroatoms. The number of amides is 1. The van der Waals surface area contributed by atoms with E-state index in [2.05, 4.69) is 82.1 Å². The Morgan fingerprint density at radius 3 is 2.45 bits per heavy atom. The molecule has 3 aromatic carbocycles. The fourth-order valence-corrected chi connectivity index (χ4v) is 5.34. The lowest BCUT2D eigenvalue weighted by Gasteiger charge is -2.26. The number of hydrogen-bond donors (Lipinski definition) is 0. The van der Waals surface area contributed by atoms with Crippen LogP contribution in [0.3, 0.4) is 0 Å². The number of carbonyl (C=O) groups excluding carboxylic acids is 1. The quantitative estimate of drug-likeness (QED) is 0.270. The predicted octanol–water partition coefficient (Wildman–Crippen LogP) is 6.95. The Bertz CT molecular complexity index is 1480. The molecule has 4 nitrogen and oxygen atoms in total. The van der Waals surface area contributed by atoms with Crippen molar-refractivity contribution in [2.45, 2.75) is 12.6 Å². The van der Waals surface area contributed by atoms with Gasteiger partial charge in [-0.05, 0) is 47.5 Å². The molecule has 0 saturated carbocycles. The maximum Gasteiger partial charge on any atom is 0.255 e. The fraction of sp³-hybridized carbons (Fsp3) is 0.107. The number of aryl methyl sites for hydroxylation is 1. The van der Waals surface area contributed by atoms with Crippen LogP contribution in [0.15, 0.2) is 100 Å². The summed E-state index contributed by atoms with van der Waals surface area (Å²) in [5.74, 6) is 0.799. The molecule has 0 bridgehead atoms. The van der Waals surface area contributed by atoms with Crippen molar-refractivity contribution in [3.05, 3.63) is 118 Å². The van der Waals surface area contributed by atoms with Crippen molar-refractivity contribution in [2.75, 3.05) is 0 Å². The predicted molar refractivity (Wildman–Crippen MR) is 133 cm³/mol. The highest BCUT2D eigenvalue weighted by Crippen LogP contribution is 2.47. The van der Waals surface area contributed by atoms with E-state index in [0.717, 1.165) is 49.1 Å². The lowest BCUT2D eigenvalue weighted by molar-refractivity contribution is 0.0724. The van der Waals surface area contributed by atoms with Crippen molar-refractivity contribution in [3.63, 3.8) is 0 Å². The molecule has 0 spiro atoms. The van der Waals surface area contributed by atoms with Gasteiger partial charge < -0.3 is 13.9 Å². The van der Waals surface area contributed by atoms with Gasteiger partial charge in [0, 0.05) is 33.6 Å². The van der Waals surface area contributed by atoms with Crippen LogP contribution >= 0.6 is 15.9 Å². The summed E-state index contributed by atoms with van der Waals surface area (Å²) in [5, 5.41) is 1.15. The van der Waals surface area contributed by atoms with Gasteiger partial charge in [-0.3, -0.25) is 4.79 Å². The number of hydrogen-bond acceptors (Lipinski definition) is 2. The molecule has 6 rings (SSSR count). The molecule has 0 aliphatic carbocycles. The Balaban J connectivity index is 1.65. The number of rotatable bonds is 4. The molecule has 0 fully saturated rings. The van der Waals surface area contributed by atoms with E-state index in [4.69, 9.17) is 4.42 Å². The van der Waals surface area contributed by atoms with E-state index in [9.17, 15) is 4.79 Å². The van der Waals surface area contributed by atoms with Crippen LogP contribution < -0.4 is 0 Å². The SMILES string of the molecule is Cn1c(-c2ccc(Br)cc2)c(C2c3ccccc3C(=O)N2Cc2ccco2)c2ccccc21. The lowest BCUT2D eigenvalue weighted by atomic mass is 9.93. The largest absolute Gasteiger partial charge is 0.467 e. The van der Waals surface area contributed by atoms with E-state index < -0.39 is 0 Å². The van der Waals surface area contributed by atoms with Crippen molar-refractivity contribution in [1.29, 1.82) is 0 Å². The molecule has 0 saturated heterocycles. The number of fused-ring (bicyclic) bond motifs is 2. The zero-order valence-electron chi connectivity index (χ0n) is 18.0. The number of halogens is 1. The maximum atomic E-state index is 13.6. The number of aromatic nitrogens is 1. The summed E-state index contributed by atoms with van der Waals surface area (Å²) >= 11 is 3.56. The van der Waals surface area contributed by atoms with Crippen molar-refractivity contribution in [1.82, 2.24) is 9.47 Å². The van der Waals surface area contributed by atoms with Gasteiger partial charge in [-0.15, -0.1) is 0 Å². The van der Waals surface area contributed by atoms with Gasteiger partial charge in [-0.1, -0.05) is 64.5 Å². The van der Waals surface area contributed by atoms with Crippen LogP contribution in [-0.4, -0.2) is 15.4 Å². The number of carbonyl (C=O) groups is 1. The van der Waals surface area contributed by atoms with Gasteiger partial charge in [0.25, 0.3) is 5.91 Å². The summed E-state index contributed by atoms with van der Waals surface area (Å²) in [6.07, 6.45) is 1.66. The minimum Gasteiger partial charge on any atom is -0.467 e. The number of nitrogens with zero attached hydrogens (tertiary/aromatic N) is 2. The van der Waals surface area contributed by atoms with Gasteiger partial charge in [0.2, 0.25) is 0 Å². The molecule has 3 heterocycles. The van der Waals surface area contributed by atoms with Crippen molar-refractivity contribution in [2.24, 2.45) is 7.05 Å². The summed E-state index contributed by atoms with van der Waals surface area (Å²) < 4.78 is 8.92.